The van der Waals surface area contributed by atoms with E-state index in [1.807, 2.05) is 0 Å². The number of rotatable bonds is 6. The van der Waals surface area contributed by atoms with E-state index in [-0.39, 0.29) is 0 Å². The van der Waals surface area contributed by atoms with E-state index in [9.17, 15) is 8.42 Å². The molecule has 14 heavy (non-hydrogen) atoms. The van der Waals surface area contributed by atoms with Crippen LogP contribution < -0.4 is 4.72 Å². The van der Waals surface area contributed by atoms with Gasteiger partial charge in [-0.3, -0.25) is 0 Å². The molecule has 0 spiro atoms. The lowest BCUT2D eigenvalue weighted by atomic mass is 10.3. The molecular formula is C7H12ClN3O2S. The SMILES string of the molecule is O=S(=O)(CCl)NCCCc1ncc[nH]1. The number of imidazole rings is 1. The predicted molar refractivity (Wildman–Crippen MR) is 54.6 cm³/mol. The van der Waals surface area contributed by atoms with Gasteiger partial charge in [-0.05, 0) is 6.42 Å². The van der Waals surface area contributed by atoms with Gasteiger partial charge in [-0.2, -0.15) is 0 Å². The molecule has 1 aromatic heterocycles. The van der Waals surface area contributed by atoms with Crippen molar-refractivity contribution in [2.45, 2.75) is 12.8 Å². The summed E-state index contributed by atoms with van der Waals surface area (Å²) >= 11 is 5.20. The number of aromatic nitrogens is 2. The minimum atomic E-state index is -3.28. The summed E-state index contributed by atoms with van der Waals surface area (Å²) in [5, 5.41) is -0.395. The molecule has 0 fully saturated rings. The maximum Gasteiger partial charge on any atom is 0.225 e. The third-order valence-corrected chi connectivity index (χ3v) is 3.40. The summed E-state index contributed by atoms with van der Waals surface area (Å²) in [7, 11) is -3.28. The van der Waals surface area contributed by atoms with Gasteiger partial charge in [0, 0.05) is 25.4 Å². The number of aromatic amines is 1. The van der Waals surface area contributed by atoms with Gasteiger partial charge in [-0.1, -0.05) is 0 Å². The second kappa shape index (κ2) is 5.33. The summed E-state index contributed by atoms with van der Waals surface area (Å²) in [5.41, 5.74) is 0. The first-order valence-corrected chi connectivity index (χ1v) is 6.34. The highest BCUT2D eigenvalue weighted by Gasteiger charge is 2.05. The van der Waals surface area contributed by atoms with Gasteiger partial charge in [0.2, 0.25) is 10.0 Å². The zero-order valence-electron chi connectivity index (χ0n) is 7.53. The lowest BCUT2D eigenvalue weighted by Crippen LogP contribution is -2.25. The average molecular weight is 238 g/mol. The van der Waals surface area contributed by atoms with Crippen molar-refractivity contribution in [3.63, 3.8) is 0 Å². The second-order valence-corrected chi connectivity index (χ2v) is 5.15. The minimum Gasteiger partial charge on any atom is -0.349 e. The van der Waals surface area contributed by atoms with Crippen LogP contribution >= 0.6 is 11.6 Å². The molecule has 0 aliphatic rings. The molecule has 1 rings (SSSR count). The molecule has 0 bridgehead atoms. The molecule has 0 amide bonds. The fraction of sp³-hybridized carbons (Fsp3) is 0.571. The van der Waals surface area contributed by atoms with Crippen LogP contribution in [0.5, 0.6) is 0 Å². The Morgan fingerprint density at radius 2 is 2.36 bits per heavy atom. The molecule has 0 aromatic carbocycles. The molecule has 7 heteroatoms. The molecule has 0 saturated heterocycles. The zero-order chi connectivity index (χ0) is 10.4. The van der Waals surface area contributed by atoms with E-state index in [1.54, 1.807) is 12.4 Å². The number of hydrogen-bond acceptors (Lipinski definition) is 3. The highest BCUT2D eigenvalue weighted by atomic mass is 35.5. The number of alkyl halides is 1. The van der Waals surface area contributed by atoms with Gasteiger partial charge >= 0.3 is 0 Å². The van der Waals surface area contributed by atoms with Gasteiger partial charge in [0.15, 0.2) is 0 Å². The van der Waals surface area contributed by atoms with Crippen molar-refractivity contribution in [1.29, 1.82) is 0 Å². The number of H-pyrrole nitrogens is 1. The van der Waals surface area contributed by atoms with Crippen LogP contribution in [0.1, 0.15) is 12.2 Å². The van der Waals surface area contributed by atoms with Gasteiger partial charge in [-0.15, -0.1) is 11.6 Å². The van der Waals surface area contributed by atoms with Crippen molar-refractivity contribution in [2.24, 2.45) is 0 Å². The van der Waals surface area contributed by atoms with Crippen molar-refractivity contribution in [1.82, 2.24) is 14.7 Å². The number of nitrogens with zero attached hydrogens (tertiary/aromatic N) is 1. The molecule has 0 radical (unpaired) electrons. The Hall–Kier alpha value is -0.590. The first-order valence-electron chi connectivity index (χ1n) is 4.15. The fourth-order valence-electron chi connectivity index (χ4n) is 0.957. The molecule has 0 unspecified atom stereocenters. The highest BCUT2D eigenvalue weighted by molar-refractivity contribution is 7.90. The summed E-state index contributed by atoms with van der Waals surface area (Å²) in [6.45, 7) is 0.385. The normalized spacial score (nSPS) is 11.8. The van der Waals surface area contributed by atoms with Crippen LogP contribution in [0.15, 0.2) is 12.4 Å². The van der Waals surface area contributed by atoms with Crippen LogP contribution in [0.4, 0.5) is 0 Å². The third kappa shape index (κ3) is 4.08. The molecule has 0 aliphatic heterocycles. The second-order valence-electron chi connectivity index (χ2n) is 2.76. The van der Waals surface area contributed by atoms with Crippen LogP contribution in [0.2, 0.25) is 0 Å². The number of hydrogen-bond donors (Lipinski definition) is 2. The Morgan fingerprint density at radius 1 is 1.57 bits per heavy atom. The smallest absolute Gasteiger partial charge is 0.225 e. The van der Waals surface area contributed by atoms with Crippen LogP contribution in [-0.4, -0.2) is 30.1 Å². The summed E-state index contributed by atoms with van der Waals surface area (Å²) in [6.07, 6.45) is 4.82. The Kier molecular flexibility index (Phi) is 4.37. The number of sulfonamides is 1. The summed E-state index contributed by atoms with van der Waals surface area (Å²) in [5.74, 6) is 0.857. The van der Waals surface area contributed by atoms with E-state index in [0.717, 1.165) is 12.2 Å². The molecule has 80 valence electrons. The van der Waals surface area contributed by atoms with E-state index in [1.165, 1.54) is 0 Å². The first-order chi connectivity index (χ1) is 6.64. The third-order valence-electron chi connectivity index (χ3n) is 1.61. The molecule has 1 heterocycles. The quantitative estimate of drug-likeness (QED) is 0.558. The fourth-order valence-corrected chi connectivity index (χ4v) is 1.72. The van der Waals surface area contributed by atoms with Crippen molar-refractivity contribution in [3.8, 4) is 0 Å². The molecule has 2 N–H and O–H groups in total. The average Bonchev–Trinajstić information content (AvgIpc) is 2.65. The number of halogens is 1. The van der Waals surface area contributed by atoms with E-state index >= 15 is 0 Å². The van der Waals surface area contributed by atoms with E-state index in [0.29, 0.717) is 13.0 Å². The number of nitrogens with one attached hydrogen (secondary N) is 2. The minimum absolute atomic E-state index is 0.385. The standard InChI is InChI=1S/C7H12ClN3O2S/c8-6-14(12,13)11-3-1-2-7-9-4-5-10-7/h4-5,11H,1-3,6H2,(H,9,10). The van der Waals surface area contributed by atoms with Crippen molar-refractivity contribution >= 4 is 21.6 Å². The molecular weight excluding hydrogens is 226 g/mol. The monoisotopic (exact) mass is 237 g/mol. The maximum atomic E-state index is 10.9. The lowest BCUT2D eigenvalue weighted by molar-refractivity contribution is 0.583. The van der Waals surface area contributed by atoms with Crippen molar-refractivity contribution in [2.75, 3.05) is 11.8 Å². The Bertz CT molecular complexity index is 349. The predicted octanol–water partition coefficient (Wildman–Crippen LogP) is 0.458. The van der Waals surface area contributed by atoms with Crippen LogP contribution in [-0.2, 0) is 16.4 Å². The molecule has 5 nitrogen and oxygen atoms in total. The van der Waals surface area contributed by atoms with E-state index in [2.05, 4.69) is 14.7 Å². The summed E-state index contributed by atoms with van der Waals surface area (Å²) in [4.78, 5) is 6.95. The molecule has 1 aromatic rings. The van der Waals surface area contributed by atoms with Gasteiger partial charge in [0.25, 0.3) is 0 Å². The Labute approximate surface area is 87.9 Å². The van der Waals surface area contributed by atoms with Crippen LogP contribution in [0.25, 0.3) is 0 Å². The highest BCUT2D eigenvalue weighted by Crippen LogP contribution is 1.95. The molecule has 0 saturated carbocycles. The van der Waals surface area contributed by atoms with Crippen molar-refractivity contribution < 1.29 is 8.42 Å². The maximum absolute atomic E-state index is 10.9. The van der Waals surface area contributed by atoms with Gasteiger partial charge in [0.05, 0.1) is 0 Å². The van der Waals surface area contributed by atoms with Crippen LogP contribution in [0.3, 0.4) is 0 Å². The summed E-state index contributed by atoms with van der Waals surface area (Å²) < 4.78 is 24.2. The van der Waals surface area contributed by atoms with Crippen LogP contribution in [0, 0.1) is 0 Å². The van der Waals surface area contributed by atoms with Gasteiger partial charge in [0.1, 0.15) is 11.0 Å². The Morgan fingerprint density at radius 3 is 2.93 bits per heavy atom. The van der Waals surface area contributed by atoms with E-state index in [4.69, 9.17) is 11.6 Å². The van der Waals surface area contributed by atoms with Gasteiger partial charge < -0.3 is 4.98 Å². The largest absolute Gasteiger partial charge is 0.349 e. The molecule has 0 atom stereocenters. The molecule has 0 aliphatic carbocycles. The van der Waals surface area contributed by atoms with Gasteiger partial charge in [-0.25, -0.2) is 18.1 Å². The zero-order valence-corrected chi connectivity index (χ0v) is 9.11. The summed E-state index contributed by atoms with van der Waals surface area (Å²) in [6, 6.07) is 0. The Balaban J connectivity index is 2.17. The first kappa shape index (κ1) is 11.5. The number of aryl methyl sites for hydroxylation is 1. The topological polar surface area (TPSA) is 74.8 Å². The van der Waals surface area contributed by atoms with E-state index < -0.39 is 15.2 Å². The van der Waals surface area contributed by atoms with Crippen molar-refractivity contribution in [3.05, 3.63) is 18.2 Å². The lowest BCUT2D eigenvalue weighted by Gasteiger charge is -2.01.